The first-order chi connectivity index (χ1) is 13.2. The average Bonchev–Trinajstić information content (AvgIpc) is 3.30. The van der Waals surface area contributed by atoms with Gasteiger partial charge in [-0.15, -0.1) is 0 Å². The van der Waals surface area contributed by atoms with E-state index in [1.54, 1.807) is 13.4 Å². The van der Waals surface area contributed by atoms with Gasteiger partial charge in [-0.1, -0.05) is 29.4 Å². The van der Waals surface area contributed by atoms with Gasteiger partial charge in [0.05, 0.1) is 29.8 Å². The number of benzene rings is 2. The second-order valence-corrected chi connectivity index (χ2v) is 7.27. The van der Waals surface area contributed by atoms with Crippen LogP contribution in [0.3, 0.4) is 0 Å². The molecule has 5 heteroatoms. The molecule has 27 heavy (non-hydrogen) atoms. The summed E-state index contributed by atoms with van der Waals surface area (Å²) in [6.07, 6.45) is 3.78. The fourth-order valence-corrected chi connectivity index (χ4v) is 4.60. The Morgan fingerprint density at radius 1 is 1.26 bits per heavy atom. The van der Waals surface area contributed by atoms with Crippen LogP contribution >= 0.6 is 0 Å². The summed E-state index contributed by atoms with van der Waals surface area (Å²) in [5, 5.41) is 16.6. The number of aromatic nitrogens is 2. The van der Waals surface area contributed by atoms with Gasteiger partial charge in [-0.3, -0.25) is 0 Å². The van der Waals surface area contributed by atoms with Crippen molar-refractivity contribution in [1.82, 2.24) is 9.72 Å². The molecule has 5 nitrogen and oxygen atoms in total. The van der Waals surface area contributed by atoms with E-state index >= 15 is 0 Å². The lowest BCUT2D eigenvalue weighted by Crippen LogP contribution is -2.32. The molecule has 4 aromatic rings. The van der Waals surface area contributed by atoms with Gasteiger partial charge in [0, 0.05) is 35.3 Å². The Labute approximate surface area is 156 Å². The van der Waals surface area contributed by atoms with E-state index in [9.17, 15) is 5.26 Å². The monoisotopic (exact) mass is 357 g/mol. The molecule has 2 aromatic carbocycles. The van der Waals surface area contributed by atoms with Gasteiger partial charge in [0.15, 0.2) is 0 Å². The number of nitrogens with zero attached hydrogens (tertiary/aromatic N) is 3. The summed E-state index contributed by atoms with van der Waals surface area (Å²) in [4.78, 5) is 0. The Hall–Kier alpha value is -3.26. The molecule has 0 bridgehead atoms. The zero-order chi connectivity index (χ0) is 18.6. The molecular formula is C22H19N3O2. The summed E-state index contributed by atoms with van der Waals surface area (Å²) in [6, 6.07) is 15.0. The van der Waals surface area contributed by atoms with Gasteiger partial charge in [-0.2, -0.15) is 5.26 Å². The Kier molecular flexibility index (Phi) is 3.32. The van der Waals surface area contributed by atoms with E-state index in [0.717, 1.165) is 57.2 Å². The maximum absolute atomic E-state index is 10.3. The summed E-state index contributed by atoms with van der Waals surface area (Å²) < 4.78 is 13.0. The molecule has 5 rings (SSSR count). The molecule has 2 heterocycles. The van der Waals surface area contributed by atoms with Gasteiger partial charge in [-0.05, 0) is 30.5 Å². The van der Waals surface area contributed by atoms with E-state index in [1.165, 1.54) is 0 Å². The second kappa shape index (κ2) is 5.62. The number of methoxy groups -OCH3 is 1. The van der Waals surface area contributed by atoms with Gasteiger partial charge in [0.25, 0.3) is 0 Å². The van der Waals surface area contributed by atoms with Crippen LogP contribution in [0.5, 0.6) is 5.75 Å². The summed E-state index contributed by atoms with van der Waals surface area (Å²) in [7, 11) is 3.74. The fraction of sp³-hybridized carbons (Fsp3) is 0.273. The van der Waals surface area contributed by atoms with E-state index in [4.69, 9.17) is 9.26 Å². The van der Waals surface area contributed by atoms with Crippen LogP contribution in [0.25, 0.3) is 21.8 Å². The number of aryl methyl sites for hydroxylation is 2. The molecule has 1 aliphatic carbocycles. The molecule has 0 spiro atoms. The standard InChI is InChI=1S/C22H19N3O2/c1-25-18-6-4-3-5-15(18)20-16(7-8-19(26-2)21(20)25)22(13-23)10-9-17-14(11-22)12-27-24-17/h3-8,12H,9-11H2,1-2H3. The van der Waals surface area contributed by atoms with Crippen LogP contribution < -0.4 is 4.74 Å². The van der Waals surface area contributed by atoms with Crippen LogP contribution in [0.15, 0.2) is 47.2 Å². The van der Waals surface area contributed by atoms with Crippen LogP contribution in [0.4, 0.5) is 0 Å². The van der Waals surface area contributed by atoms with E-state index in [0.29, 0.717) is 6.42 Å². The quantitative estimate of drug-likeness (QED) is 0.537. The Morgan fingerprint density at radius 3 is 2.93 bits per heavy atom. The molecule has 0 saturated carbocycles. The summed E-state index contributed by atoms with van der Waals surface area (Å²) in [5.41, 5.74) is 4.63. The van der Waals surface area contributed by atoms with Crippen molar-refractivity contribution in [2.45, 2.75) is 24.7 Å². The van der Waals surface area contributed by atoms with Gasteiger partial charge in [0.2, 0.25) is 0 Å². The van der Waals surface area contributed by atoms with Crippen molar-refractivity contribution >= 4 is 21.8 Å². The number of ether oxygens (including phenoxy) is 1. The van der Waals surface area contributed by atoms with Crippen molar-refractivity contribution in [2.75, 3.05) is 7.11 Å². The van der Waals surface area contributed by atoms with Crippen LogP contribution in [0.2, 0.25) is 0 Å². The molecule has 2 aromatic heterocycles. The number of para-hydroxylation sites is 1. The fourth-order valence-electron chi connectivity index (χ4n) is 4.60. The highest BCUT2D eigenvalue weighted by atomic mass is 16.5. The molecule has 0 radical (unpaired) electrons. The van der Waals surface area contributed by atoms with Crippen LogP contribution in [0, 0.1) is 11.3 Å². The van der Waals surface area contributed by atoms with Gasteiger partial charge >= 0.3 is 0 Å². The second-order valence-electron chi connectivity index (χ2n) is 7.27. The van der Waals surface area contributed by atoms with Crippen molar-refractivity contribution in [3.8, 4) is 11.8 Å². The zero-order valence-electron chi connectivity index (χ0n) is 15.3. The molecule has 134 valence electrons. The molecule has 0 saturated heterocycles. The summed E-state index contributed by atoms with van der Waals surface area (Å²) in [5.74, 6) is 0.821. The van der Waals surface area contributed by atoms with Crippen molar-refractivity contribution in [3.63, 3.8) is 0 Å². The minimum Gasteiger partial charge on any atom is -0.495 e. The third-order valence-electron chi connectivity index (χ3n) is 5.97. The molecule has 0 amide bonds. The van der Waals surface area contributed by atoms with Crippen LogP contribution in [-0.2, 0) is 25.3 Å². The highest BCUT2D eigenvalue weighted by Gasteiger charge is 2.40. The molecule has 1 atom stereocenters. The first kappa shape index (κ1) is 16.0. The molecule has 0 fully saturated rings. The third-order valence-corrected chi connectivity index (χ3v) is 5.97. The highest BCUT2D eigenvalue weighted by Crippen LogP contribution is 2.45. The van der Waals surface area contributed by atoms with Crippen molar-refractivity contribution in [3.05, 3.63) is 59.5 Å². The Morgan fingerprint density at radius 2 is 2.11 bits per heavy atom. The number of fused-ring (bicyclic) bond motifs is 4. The minimum absolute atomic E-state index is 0.604. The van der Waals surface area contributed by atoms with E-state index in [-0.39, 0.29) is 0 Å². The smallest absolute Gasteiger partial charge is 0.143 e. The zero-order valence-corrected chi connectivity index (χ0v) is 15.3. The largest absolute Gasteiger partial charge is 0.495 e. The summed E-state index contributed by atoms with van der Waals surface area (Å²) >= 11 is 0. The first-order valence-electron chi connectivity index (χ1n) is 9.06. The molecule has 0 aliphatic heterocycles. The van der Waals surface area contributed by atoms with Gasteiger partial charge in [0.1, 0.15) is 12.0 Å². The predicted octanol–water partition coefficient (Wildman–Crippen LogP) is 4.28. The van der Waals surface area contributed by atoms with Crippen molar-refractivity contribution in [1.29, 1.82) is 5.26 Å². The average molecular weight is 357 g/mol. The van der Waals surface area contributed by atoms with Crippen LogP contribution in [-0.4, -0.2) is 16.8 Å². The molecule has 0 N–H and O–H groups in total. The predicted molar refractivity (Wildman–Crippen MR) is 103 cm³/mol. The minimum atomic E-state index is -0.604. The third kappa shape index (κ3) is 2.07. The highest BCUT2D eigenvalue weighted by molar-refractivity contribution is 6.12. The molecule has 1 unspecified atom stereocenters. The maximum Gasteiger partial charge on any atom is 0.143 e. The van der Waals surface area contributed by atoms with Crippen LogP contribution in [0.1, 0.15) is 23.2 Å². The van der Waals surface area contributed by atoms with E-state index < -0.39 is 5.41 Å². The maximum atomic E-state index is 10.3. The van der Waals surface area contributed by atoms with Crippen molar-refractivity contribution < 1.29 is 9.26 Å². The van der Waals surface area contributed by atoms with Crippen molar-refractivity contribution in [2.24, 2.45) is 7.05 Å². The number of rotatable bonds is 2. The SMILES string of the molecule is COc1ccc(C2(C#N)CCc3nocc3C2)c2c3ccccc3n(C)c12. The summed E-state index contributed by atoms with van der Waals surface area (Å²) in [6.45, 7) is 0. The number of nitriles is 1. The number of hydrogen-bond donors (Lipinski definition) is 0. The van der Waals surface area contributed by atoms with Gasteiger partial charge < -0.3 is 13.8 Å². The normalized spacial score (nSPS) is 19.1. The lowest BCUT2D eigenvalue weighted by atomic mass is 9.69. The van der Waals surface area contributed by atoms with E-state index in [2.05, 4.69) is 41.0 Å². The topological polar surface area (TPSA) is 64.0 Å². The van der Waals surface area contributed by atoms with Gasteiger partial charge in [-0.25, -0.2) is 0 Å². The number of hydrogen-bond acceptors (Lipinski definition) is 4. The Bertz CT molecular complexity index is 1230. The van der Waals surface area contributed by atoms with E-state index in [1.807, 2.05) is 18.2 Å². The lowest BCUT2D eigenvalue weighted by Gasteiger charge is -2.31. The molecule has 1 aliphatic rings. The first-order valence-corrected chi connectivity index (χ1v) is 9.06. The Balaban J connectivity index is 1.87. The molecular weight excluding hydrogens is 338 g/mol. The lowest BCUT2D eigenvalue weighted by molar-refractivity contribution is 0.408.